The first-order valence-electron chi connectivity index (χ1n) is 7.62. The van der Waals surface area contributed by atoms with Gasteiger partial charge in [0.05, 0.1) is 5.56 Å². The maximum absolute atomic E-state index is 12.4. The molecule has 0 aliphatic heterocycles. The number of nitrogens with one attached hydrogen (secondary N) is 1. The summed E-state index contributed by atoms with van der Waals surface area (Å²) in [5.74, 6) is 0.731. The van der Waals surface area contributed by atoms with Crippen LogP contribution in [0.15, 0.2) is 48.7 Å². The molecule has 0 aliphatic rings. The lowest BCUT2D eigenvalue weighted by Gasteiger charge is -2.16. The second-order valence-electron chi connectivity index (χ2n) is 6.59. The van der Waals surface area contributed by atoms with Gasteiger partial charge in [-0.15, -0.1) is 10.2 Å². The number of rotatable bonds is 3. The van der Waals surface area contributed by atoms with Gasteiger partial charge in [0.1, 0.15) is 5.82 Å². The summed E-state index contributed by atoms with van der Waals surface area (Å²) in [6.07, 6.45) is 1.80. The molecule has 0 radical (unpaired) electrons. The van der Waals surface area contributed by atoms with Gasteiger partial charge in [0.15, 0.2) is 5.65 Å². The Morgan fingerprint density at radius 2 is 1.83 bits per heavy atom. The Morgan fingerprint density at radius 3 is 2.52 bits per heavy atom. The summed E-state index contributed by atoms with van der Waals surface area (Å²) in [5.41, 5.74) is 2.27. The third kappa shape index (κ3) is 3.23. The summed E-state index contributed by atoms with van der Waals surface area (Å²) >= 11 is 0. The Kier molecular flexibility index (Phi) is 3.86. The molecule has 2 aromatic heterocycles. The van der Waals surface area contributed by atoms with Gasteiger partial charge in [0.2, 0.25) is 0 Å². The van der Waals surface area contributed by atoms with Crippen LogP contribution in [0.25, 0.3) is 5.65 Å². The third-order valence-electron chi connectivity index (χ3n) is 3.63. The zero-order valence-corrected chi connectivity index (χ0v) is 13.6. The molecule has 3 aromatic rings. The first-order chi connectivity index (χ1) is 10.9. The highest BCUT2D eigenvalue weighted by atomic mass is 16.1. The number of hydrogen-bond acceptors (Lipinski definition) is 3. The average Bonchev–Trinajstić information content (AvgIpc) is 2.96. The zero-order valence-electron chi connectivity index (χ0n) is 13.6. The third-order valence-corrected chi connectivity index (χ3v) is 3.63. The number of hydrogen-bond donors (Lipinski definition) is 1. The second kappa shape index (κ2) is 5.83. The van der Waals surface area contributed by atoms with Crippen LogP contribution >= 0.6 is 0 Å². The Bertz CT molecular complexity index is 831. The number of carbonyl (C=O) groups is 1. The molecule has 1 N–H and O–H groups in total. The fourth-order valence-electron chi connectivity index (χ4n) is 2.42. The molecule has 3 rings (SSSR count). The minimum Gasteiger partial charge on any atom is -0.348 e. The minimum absolute atomic E-state index is 0.107. The lowest BCUT2D eigenvalue weighted by molar-refractivity contribution is 0.0950. The topological polar surface area (TPSA) is 59.3 Å². The van der Waals surface area contributed by atoms with Crippen molar-refractivity contribution in [2.75, 3.05) is 0 Å². The molecule has 2 heterocycles. The summed E-state index contributed by atoms with van der Waals surface area (Å²) in [4.78, 5) is 12.4. The second-order valence-corrected chi connectivity index (χ2v) is 6.59. The molecule has 1 aromatic carbocycles. The van der Waals surface area contributed by atoms with E-state index < -0.39 is 0 Å². The van der Waals surface area contributed by atoms with Crippen molar-refractivity contribution in [3.63, 3.8) is 0 Å². The molecule has 0 atom stereocenters. The van der Waals surface area contributed by atoms with Crippen LogP contribution in [0.3, 0.4) is 0 Å². The first-order valence-corrected chi connectivity index (χ1v) is 7.62. The van der Waals surface area contributed by atoms with Crippen molar-refractivity contribution in [2.24, 2.45) is 0 Å². The predicted octanol–water partition coefficient (Wildman–Crippen LogP) is 2.96. The Labute approximate surface area is 135 Å². The molecule has 0 saturated carbocycles. The Balaban J connectivity index is 1.83. The van der Waals surface area contributed by atoms with Crippen molar-refractivity contribution in [3.8, 4) is 0 Å². The van der Waals surface area contributed by atoms with Crippen molar-refractivity contribution in [1.29, 1.82) is 0 Å². The fourth-order valence-corrected chi connectivity index (χ4v) is 2.42. The van der Waals surface area contributed by atoms with E-state index in [2.05, 4.69) is 36.3 Å². The molecular weight excluding hydrogens is 288 g/mol. The van der Waals surface area contributed by atoms with Crippen LogP contribution in [0.2, 0.25) is 0 Å². The Hall–Kier alpha value is -2.69. The number of amides is 1. The van der Waals surface area contributed by atoms with E-state index >= 15 is 0 Å². The average molecular weight is 308 g/mol. The summed E-state index contributed by atoms with van der Waals surface area (Å²) in [6, 6.07) is 13.4. The van der Waals surface area contributed by atoms with Crippen molar-refractivity contribution in [3.05, 3.63) is 65.6 Å². The van der Waals surface area contributed by atoms with E-state index in [9.17, 15) is 4.79 Å². The normalized spacial score (nSPS) is 11.6. The molecule has 118 valence electrons. The van der Waals surface area contributed by atoms with E-state index in [0.29, 0.717) is 12.1 Å². The number of aromatic nitrogens is 3. The molecule has 5 heteroatoms. The maximum atomic E-state index is 12.4. The molecular formula is C18H20N4O. The van der Waals surface area contributed by atoms with Crippen LogP contribution in [0.1, 0.15) is 42.5 Å². The standard InChI is InChI=1S/C18H20N4O/c1-18(2,3)17-21-20-15-10-9-14(12-22(15)17)16(23)19-11-13-7-5-4-6-8-13/h4-10,12H,11H2,1-3H3,(H,19,23). The molecule has 23 heavy (non-hydrogen) atoms. The van der Waals surface area contributed by atoms with Gasteiger partial charge in [-0.2, -0.15) is 0 Å². The molecule has 0 bridgehead atoms. The predicted molar refractivity (Wildman–Crippen MR) is 89.3 cm³/mol. The van der Waals surface area contributed by atoms with E-state index in [1.54, 1.807) is 12.3 Å². The van der Waals surface area contributed by atoms with Gasteiger partial charge in [-0.1, -0.05) is 51.1 Å². The van der Waals surface area contributed by atoms with E-state index in [4.69, 9.17) is 0 Å². The Morgan fingerprint density at radius 1 is 1.09 bits per heavy atom. The number of fused-ring (bicyclic) bond motifs is 1. The lowest BCUT2D eigenvalue weighted by atomic mass is 9.96. The molecule has 0 unspecified atom stereocenters. The molecule has 0 spiro atoms. The van der Waals surface area contributed by atoms with Gasteiger partial charge in [0, 0.05) is 18.2 Å². The highest BCUT2D eigenvalue weighted by molar-refractivity contribution is 5.94. The van der Waals surface area contributed by atoms with Gasteiger partial charge in [0.25, 0.3) is 5.91 Å². The largest absolute Gasteiger partial charge is 0.348 e. The van der Waals surface area contributed by atoms with Crippen LogP contribution < -0.4 is 5.32 Å². The number of carbonyl (C=O) groups excluding carboxylic acids is 1. The molecule has 0 saturated heterocycles. The summed E-state index contributed by atoms with van der Waals surface area (Å²) < 4.78 is 1.89. The lowest BCUT2D eigenvalue weighted by Crippen LogP contribution is -2.23. The quantitative estimate of drug-likeness (QED) is 0.809. The van der Waals surface area contributed by atoms with Gasteiger partial charge in [-0.25, -0.2) is 0 Å². The van der Waals surface area contributed by atoms with Crippen LogP contribution in [0, 0.1) is 0 Å². The highest BCUT2D eigenvalue weighted by Crippen LogP contribution is 2.21. The van der Waals surface area contributed by atoms with Gasteiger partial charge in [-0.3, -0.25) is 9.20 Å². The molecule has 1 amide bonds. The summed E-state index contributed by atoms with van der Waals surface area (Å²) in [6.45, 7) is 6.73. The van der Waals surface area contributed by atoms with E-state index in [1.165, 1.54) is 0 Å². The summed E-state index contributed by atoms with van der Waals surface area (Å²) in [7, 11) is 0. The molecule has 0 aliphatic carbocycles. The SMILES string of the molecule is CC(C)(C)c1nnc2ccc(C(=O)NCc3ccccc3)cn12. The minimum atomic E-state index is -0.140. The van der Waals surface area contributed by atoms with Crippen molar-refractivity contribution in [2.45, 2.75) is 32.7 Å². The van der Waals surface area contributed by atoms with Crippen molar-refractivity contribution >= 4 is 11.6 Å². The number of pyridine rings is 1. The van der Waals surface area contributed by atoms with E-state index in [1.807, 2.05) is 40.8 Å². The molecule has 0 fully saturated rings. The summed E-state index contributed by atoms with van der Waals surface area (Å²) in [5, 5.41) is 11.3. The van der Waals surface area contributed by atoms with Gasteiger partial charge >= 0.3 is 0 Å². The zero-order chi connectivity index (χ0) is 16.4. The fraction of sp³-hybridized carbons (Fsp3) is 0.278. The van der Waals surface area contributed by atoms with Crippen LogP contribution in [-0.2, 0) is 12.0 Å². The molecule has 5 nitrogen and oxygen atoms in total. The van der Waals surface area contributed by atoms with Crippen LogP contribution in [0.4, 0.5) is 0 Å². The van der Waals surface area contributed by atoms with Crippen molar-refractivity contribution < 1.29 is 4.79 Å². The van der Waals surface area contributed by atoms with Gasteiger partial charge in [-0.05, 0) is 17.7 Å². The van der Waals surface area contributed by atoms with Crippen LogP contribution in [0.5, 0.6) is 0 Å². The van der Waals surface area contributed by atoms with Crippen molar-refractivity contribution in [1.82, 2.24) is 19.9 Å². The van der Waals surface area contributed by atoms with E-state index in [-0.39, 0.29) is 11.3 Å². The maximum Gasteiger partial charge on any atom is 0.253 e. The first kappa shape index (κ1) is 15.2. The number of benzene rings is 1. The highest BCUT2D eigenvalue weighted by Gasteiger charge is 2.21. The van der Waals surface area contributed by atoms with E-state index in [0.717, 1.165) is 17.0 Å². The van der Waals surface area contributed by atoms with Crippen LogP contribution in [-0.4, -0.2) is 20.5 Å². The monoisotopic (exact) mass is 308 g/mol. The van der Waals surface area contributed by atoms with Gasteiger partial charge < -0.3 is 5.32 Å². The smallest absolute Gasteiger partial charge is 0.253 e. The number of nitrogens with zero attached hydrogens (tertiary/aromatic N) is 3.